The summed E-state index contributed by atoms with van der Waals surface area (Å²) in [7, 11) is 0. The minimum absolute atomic E-state index is 0.168. The average Bonchev–Trinajstić information content (AvgIpc) is 3.08. The zero-order valence-corrected chi connectivity index (χ0v) is 11.5. The van der Waals surface area contributed by atoms with Crippen LogP contribution in [0.5, 0.6) is 5.75 Å². The van der Waals surface area contributed by atoms with E-state index in [4.69, 9.17) is 4.74 Å². The Labute approximate surface area is 121 Å². The van der Waals surface area contributed by atoms with Crippen LogP contribution < -0.4 is 5.32 Å². The van der Waals surface area contributed by atoms with E-state index in [1.54, 1.807) is 0 Å². The van der Waals surface area contributed by atoms with Crippen molar-refractivity contribution in [1.82, 2.24) is 5.32 Å². The van der Waals surface area contributed by atoms with E-state index in [0.717, 1.165) is 44.2 Å². The van der Waals surface area contributed by atoms with Crippen molar-refractivity contribution in [1.29, 1.82) is 0 Å². The summed E-state index contributed by atoms with van der Waals surface area (Å²) in [6.07, 6.45) is 4.45. The molecule has 2 atom stereocenters. The Morgan fingerprint density at radius 3 is 2.81 bits per heavy atom. The van der Waals surface area contributed by atoms with E-state index >= 15 is 0 Å². The highest BCUT2D eigenvalue weighted by atomic mass is 19.1. The number of carbonyl (C=O) groups excluding carboxylic acids is 1. The SMILES string of the molecule is O=C(NC1CCCC12CCCO2)c1ccc(F)c(O)c1F. The molecule has 21 heavy (non-hydrogen) atoms. The molecule has 2 aliphatic rings. The summed E-state index contributed by atoms with van der Waals surface area (Å²) >= 11 is 0. The molecule has 0 bridgehead atoms. The molecule has 1 amide bonds. The molecular formula is C15H17F2NO3. The van der Waals surface area contributed by atoms with Crippen molar-refractivity contribution in [2.45, 2.75) is 43.7 Å². The van der Waals surface area contributed by atoms with Gasteiger partial charge in [0, 0.05) is 6.61 Å². The van der Waals surface area contributed by atoms with E-state index in [1.807, 2.05) is 0 Å². The summed E-state index contributed by atoms with van der Waals surface area (Å²) in [5.41, 5.74) is -0.692. The van der Waals surface area contributed by atoms with E-state index in [0.29, 0.717) is 6.61 Å². The summed E-state index contributed by atoms with van der Waals surface area (Å²) in [5.74, 6) is -4.09. The molecule has 6 heteroatoms. The van der Waals surface area contributed by atoms with Crippen LogP contribution in [0.25, 0.3) is 0 Å². The van der Waals surface area contributed by atoms with Gasteiger partial charge >= 0.3 is 0 Å². The monoisotopic (exact) mass is 297 g/mol. The lowest BCUT2D eigenvalue weighted by Gasteiger charge is -2.31. The number of amides is 1. The first kappa shape index (κ1) is 14.3. The fraction of sp³-hybridized carbons (Fsp3) is 0.533. The quantitative estimate of drug-likeness (QED) is 0.882. The van der Waals surface area contributed by atoms with Crippen molar-refractivity contribution in [3.63, 3.8) is 0 Å². The molecule has 0 aromatic heterocycles. The zero-order valence-electron chi connectivity index (χ0n) is 11.5. The third-order valence-electron chi connectivity index (χ3n) is 4.48. The molecule has 1 heterocycles. The van der Waals surface area contributed by atoms with Gasteiger partial charge in [0.25, 0.3) is 5.91 Å². The molecule has 1 aromatic carbocycles. The number of phenolic OH excluding ortho intramolecular Hbond substituents is 1. The summed E-state index contributed by atoms with van der Waals surface area (Å²) in [6.45, 7) is 0.679. The van der Waals surface area contributed by atoms with Gasteiger partial charge in [-0.3, -0.25) is 4.79 Å². The molecule has 2 unspecified atom stereocenters. The van der Waals surface area contributed by atoms with E-state index in [9.17, 15) is 18.7 Å². The molecule has 1 aromatic rings. The highest BCUT2D eigenvalue weighted by Crippen LogP contribution is 2.41. The first-order valence-corrected chi connectivity index (χ1v) is 7.15. The fourth-order valence-corrected chi connectivity index (χ4v) is 3.39. The molecule has 3 rings (SSSR count). The molecule has 1 spiro atoms. The predicted octanol–water partition coefficient (Wildman–Crippen LogP) is 2.50. The first-order valence-electron chi connectivity index (χ1n) is 7.15. The van der Waals surface area contributed by atoms with Crippen LogP contribution >= 0.6 is 0 Å². The minimum Gasteiger partial charge on any atom is -0.503 e. The predicted molar refractivity (Wildman–Crippen MR) is 71.0 cm³/mol. The summed E-state index contributed by atoms with van der Waals surface area (Å²) < 4.78 is 32.6. The van der Waals surface area contributed by atoms with Crippen LogP contribution in [0.3, 0.4) is 0 Å². The number of halogens is 2. The Bertz CT molecular complexity index is 565. The van der Waals surface area contributed by atoms with E-state index in [-0.39, 0.29) is 17.2 Å². The van der Waals surface area contributed by atoms with Crippen LogP contribution in [-0.4, -0.2) is 29.3 Å². The van der Waals surface area contributed by atoms with Gasteiger partial charge < -0.3 is 15.2 Å². The number of ether oxygens (including phenoxy) is 1. The molecule has 2 fully saturated rings. The van der Waals surface area contributed by atoms with E-state index in [2.05, 4.69) is 5.32 Å². The second kappa shape index (κ2) is 5.26. The molecule has 1 saturated heterocycles. The van der Waals surface area contributed by atoms with Gasteiger partial charge in [-0.25, -0.2) is 8.78 Å². The lowest BCUT2D eigenvalue weighted by Crippen LogP contribution is -2.48. The molecule has 4 nitrogen and oxygen atoms in total. The lowest BCUT2D eigenvalue weighted by molar-refractivity contribution is -0.0101. The third kappa shape index (κ3) is 2.37. The number of hydrogen-bond acceptors (Lipinski definition) is 3. The summed E-state index contributed by atoms with van der Waals surface area (Å²) in [4.78, 5) is 12.2. The van der Waals surface area contributed by atoms with Crippen LogP contribution in [0.1, 0.15) is 42.5 Å². The van der Waals surface area contributed by atoms with E-state index in [1.165, 1.54) is 0 Å². The number of aromatic hydroxyl groups is 1. The maximum atomic E-state index is 13.8. The van der Waals surface area contributed by atoms with Crippen molar-refractivity contribution in [2.75, 3.05) is 6.61 Å². The topological polar surface area (TPSA) is 58.6 Å². The van der Waals surface area contributed by atoms with Crippen LogP contribution in [0, 0.1) is 11.6 Å². The number of phenols is 1. The average molecular weight is 297 g/mol. The number of benzene rings is 1. The Kier molecular flexibility index (Phi) is 3.57. The van der Waals surface area contributed by atoms with Gasteiger partial charge in [-0.1, -0.05) is 0 Å². The number of hydrogen-bond donors (Lipinski definition) is 2. The maximum absolute atomic E-state index is 13.8. The number of rotatable bonds is 2. The van der Waals surface area contributed by atoms with Crippen LogP contribution in [0.4, 0.5) is 8.78 Å². The van der Waals surface area contributed by atoms with Gasteiger partial charge in [-0.05, 0) is 44.2 Å². The second-order valence-corrected chi connectivity index (χ2v) is 5.69. The molecule has 114 valence electrons. The molecule has 0 radical (unpaired) electrons. The van der Waals surface area contributed by atoms with Gasteiger partial charge in [0.05, 0.1) is 17.2 Å². The molecule has 2 N–H and O–H groups in total. The third-order valence-corrected chi connectivity index (χ3v) is 4.48. The van der Waals surface area contributed by atoms with Crippen LogP contribution in [0.2, 0.25) is 0 Å². The Morgan fingerprint density at radius 1 is 1.33 bits per heavy atom. The highest BCUT2D eigenvalue weighted by Gasteiger charge is 2.47. The van der Waals surface area contributed by atoms with E-state index < -0.39 is 23.3 Å². The normalized spacial score (nSPS) is 28.2. The smallest absolute Gasteiger partial charge is 0.254 e. The Morgan fingerprint density at radius 2 is 2.10 bits per heavy atom. The minimum atomic E-state index is -1.23. The lowest BCUT2D eigenvalue weighted by atomic mass is 9.93. The van der Waals surface area contributed by atoms with Gasteiger partial charge in [0.2, 0.25) is 0 Å². The van der Waals surface area contributed by atoms with Crippen molar-refractivity contribution in [2.24, 2.45) is 0 Å². The standard InChI is InChI=1S/C15H17F2NO3/c16-10-5-4-9(12(17)13(10)19)14(20)18-11-3-1-6-15(11)7-2-8-21-15/h4-5,11,19H,1-3,6-8H2,(H,18,20). The highest BCUT2D eigenvalue weighted by molar-refractivity contribution is 5.95. The summed E-state index contributed by atoms with van der Waals surface area (Å²) in [5, 5.41) is 12.0. The Balaban J connectivity index is 1.79. The van der Waals surface area contributed by atoms with Crippen molar-refractivity contribution >= 4 is 5.91 Å². The van der Waals surface area contributed by atoms with Crippen LogP contribution in [0.15, 0.2) is 12.1 Å². The van der Waals surface area contributed by atoms with Gasteiger partial charge in [0.15, 0.2) is 17.4 Å². The number of nitrogens with one attached hydrogen (secondary N) is 1. The first-order chi connectivity index (χ1) is 10.0. The van der Waals surface area contributed by atoms with Crippen LogP contribution in [-0.2, 0) is 4.74 Å². The summed E-state index contributed by atoms with van der Waals surface area (Å²) in [6, 6.07) is 1.75. The van der Waals surface area contributed by atoms with Gasteiger partial charge in [-0.15, -0.1) is 0 Å². The molecular weight excluding hydrogens is 280 g/mol. The van der Waals surface area contributed by atoms with Crippen molar-refractivity contribution < 1.29 is 23.4 Å². The largest absolute Gasteiger partial charge is 0.503 e. The number of carbonyl (C=O) groups is 1. The maximum Gasteiger partial charge on any atom is 0.254 e. The second-order valence-electron chi connectivity index (χ2n) is 5.69. The fourth-order valence-electron chi connectivity index (χ4n) is 3.39. The van der Waals surface area contributed by atoms with Crippen molar-refractivity contribution in [3.8, 4) is 5.75 Å². The van der Waals surface area contributed by atoms with Gasteiger partial charge in [-0.2, -0.15) is 0 Å². The Hall–Kier alpha value is -1.69. The molecule has 1 aliphatic carbocycles. The zero-order chi connectivity index (χ0) is 15.0. The molecule has 1 aliphatic heterocycles. The van der Waals surface area contributed by atoms with Gasteiger partial charge in [0.1, 0.15) is 0 Å². The van der Waals surface area contributed by atoms with Crippen molar-refractivity contribution in [3.05, 3.63) is 29.3 Å². The molecule has 1 saturated carbocycles.